The number of halogens is 1. The maximum Gasteiger partial charge on any atom is 0.261 e. The maximum absolute atomic E-state index is 12.5. The number of thioether (sulfide) groups is 1. The lowest BCUT2D eigenvalue weighted by Crippen LogP contribution is -2.35. The second-order valence-electron chi connectivity index (χ2n) is 4.88. The Bertz CT molecular complexity index is 840. The first-order valence-corrected chi connectivity index (χ1v) is 8.01. The maximum atomic E-state index is 12.5. The number of nitriles is 1. The minimum atomic E-state index is -0.140. The number of fused-ring (bicyclic) bond motifs is 1. The van der Waals surface area contributed by atoms with Crippen molar-refractivity contribution in [3.63, 3.8) is 0 Å². The number of nitrogens with one attached hydrogen (secondary N) is 1. The monoisotopic (exact) mass is 341 g/mol. The summed E-state index contributed by atoms with van der Waals surface area (Å²) in [7, 11) is 1.65. The van der Waals surface area contributed by atoms with E-state index >= 15 is 0 Å². The molecule has 1 heterocycles. The first-order valence-electron chi connectivity index (χ1n) is 6.82. The summed E-state index contributed by atoms with van der Waals surface area (Å²) in [6, 6.07) is 16.6. The topological polar surface area (TPSA) is 56.1 Å². The molecule has 1 N–H and O–H groups in total. The van der Waals surface area contributed by atoms with Crippen LogP contribution >= 0.6 is 23.4 Å². The standard InChI is InChI=1S/C17H12ClN3OS/c1-21-16(20-14-5-3-2-4-13(14)17(21)22)15(10-19)23-12-8-6-11(18)7-9-12/h2-9,20H,1H3/b16-15-. The Labute approximate surface area is 143 Å². The predicted molar refractivity (Wildman–Crippen MR) is 92.1 cm³/mol. The van der Waals surface area contributed by atoms with E-state index in [2.05, 4.69) is 11.4 Å². The summed E-state index contributed by atoms with van der Waals surface area (Å²) in [5.74, 6) is 0.343. The van der Waals surface area contributed by atoms with Gasteiger partial charge in [-0.2, -0.15) is 5.26 Å². The van der Waals surface area contributed by atoms with E-state index in [1.165, 1.54) is 16.7 Å². The molecule has 0 radical (unpaired) electrons. The van der Waals surface area contributed by atoms with Gasteiger partial charge in [-0.1, -0.05) is 35.5 Å². The molecular weight excluding hydrogens is 330 g/mol. The van der Waals surface area contributed by atoms with Gasteiger partial charge in [0.05, 0.1) is 11.3 Å². The van der Waals surface area contributed by atoms with E-state index in [9.17, 15) is 10.1 Å². The Hall–Kier alpha value is -2.42. The van der Waals surface area contributed by atoms with Crippen LogP contribution in [0.3, 0.4) is 0 Å². The normalized spacial score (nSPS) is 15.5. The zero-order valence-electron chi connectivity index (χ0n) is 12.2. The molecular formula is C17H12ClN3OS. The van der Waals surface area contributed by atoms with Gasteiger partial charge in [0.25, 0.3) is 5.91 Å². The van der Waals surface area contributed by atoms with E-state index in [-0.39, 0.29) is 5.91 Å². The zero-order chi connectivity index (χ0) is 16.4. The number of amides is 1. The van der Waals surface area contributed by atoms with E-state index < -0.39 is 0 Å². The van der Waals surface area contributed by atoms with Crippen LogP contribution in [0.1, 0.15) is 10.4 Å². The summed E-state index contributed by atoms with van der Waals surface area (Å²) in [4.78, 5) is 15.2. The van der Waals surface area contributed by atoms with Gasteiger partial charge in [0.1, 0.15) is 16.8 Å². The van der Waals surface area contributed by atoms with Crippen LogP contribution in [-0.2, 0) is 0 Å². The fourth-order valence-electron chi connectivity index (χ4n) is 2.23. The summed E-state index contributed by atoms with van der Waals surface area (Å²) in [5, 5.41) is 13.3. The van der Waals surface area contributed by atoms with Crippen LogP contribution in [0.2, 0.25) is 5.02 Å². The fraction of sp³-hybridized carbons (Fsp3) is 0.0588. The third-order valence-electron chi connectivity index (χ3n) is 3.40. The molecule has 0 fully saturated rings. The number of allylic oxidation sites excluding steroid dienone is 1. The Balaban J connectivity index is 2.00. The first-order chi connectivity index (χ1) is 11.1. The predicted octanol–water partition coefficient (Wildman–Crippen LogP) is 4.32. The number of carbonyl (C=O) groups excluding carboxylic acids is 1. The third-order valence-corrected chi connectivity index (χ3v) is 4.65. The average molecular weight is 342 g/mol. The SMILES string of the molecule is CN1C(=O)c2ccccc2N/C1=C(\C#N)Sc1ccc(Cl)cc1. The lowest BCUT2D eigenvalue weighted by Gasteiger charge is -2.29. The second kappa shape index (κ2) is 6.37. The summed E-state index contributed by atoms with van der Waals surface area (Å²) < 4.78 is 0. The molecule has 1 aliphatic heterocycles. The molecule has 0 spiro atoms. The van der Waals surface area contributed by atoms with E-state index in [1.54, 1.807) is 25.2 Å². The third kappa shape index (κ3) is 3.04. The highest BCUT2D eigenvalue weighted by Crippen LogP contribution is 2.34. The van der Waals surface area contributed by atoms with Crippen molar-refractivity contribution in [3.05, 3.63) is 69.8 Å². The number of para-hydroxylation sites is 1. The van der Waals surface area contributed by atoms with E-state index in [0.29, 0.717) is 27.0 Å². The average Bonchev–Trinajstić information content (AvgIpc) is 2.58. The van der Waals surface area contributed by atoms with Crippen molar-refractivity contribution in [2.45, 2.75) is 4.90 Å². The zero-order valence-corrected chi connectivity index (χ0v) is 13.8. The molecule has 2 aromatic rings. The molecule has 3 rings (SSSR count). The fourth-order valence-corrected chi connectivity index (χ4v) is 3.19. The first kappa shape index (κ1) is 15.5. The number of nitrogens with zero attached hydrogens (tertiary/aromatic N) is 2. The van der Waals surface area contributed by atoms with Crippen LogP contribution in [0.5, 0.6) is 0 Å². The van der Waals surface area contributed by atoms with Gasteiger partial charge in [-0.25, -0.2) is 0 Å². The Morgan fingerprint density at radius 3 is 2.61 bits per heavy atom. The van der Waals surface area contributed by atoms with Crippen LogP contribution in [0.25, 0.3) is 0 Å². The van der Waals surface area contributed by atoms with Crippen molar-refractivity contribution in [3.8, 4) is 6.07 Å². The lowest BCUT2D eigenvalue weighted by molar-refractivity contribution is 0.0832. The highest BCUT2D eigenvalue weighted by atomic mass is 35.5. The minimum Gasteiger partial charge on any atom is -0.339 e. The van der Waals surface area contributed by atoms with Gasteiger partial charge < -0.3 is 5.32 Å². The van der Waals surface area contributed by atoms with Gasteiger partial charge in [-0.15, -0.1) is 0 Å². The summed E-state index contributed by atoms with van der Waals surface area (Å²) in [6.07, 6.45) is 0. The quantitative estimate of drug-likeness (QED) is 0.652. The van der Waals surface area contributed by atoms with Crippen molar-refractivity contribution in [1.82, 2.24) is 4.90 Å². The van der Waals surface area contributed by atoms with Crippen LogP contribution in [-0.4, -0.2) is 17.9 Å². The highest BCUT2D eigenvalue weighted by Gasteiger charge is 2.27. The lowest BCUT2D eigenvalue weighted by atomic mass is 10.1. The molecule has 0 saturated heterocycles. The van der Waals surface area contributed by atoms with Gasteiger partial charge in [-0.3, -0.25) is 9.69 Å². The summed E-state index contributed by atoms with van der Waals surface area (Å²) >= 11 is 7.17. The summed E-state index contributed by atoms with van der Waals surface area (Å²) in [5.41, 5.74) is 1.29. The number of benzene rings is 2. The molecule has 6 heteroatoms. The smallest absolute Gasteiger partial charge is 0.261 e. The van der Waals surface area contributed by atoms with Crippen molar-refractivity contribution >= 4 is 35.0 Å². The van der Waals surface area contributed by atoms with Crippen LogP contribution in [0.15, 0.2) is 64.2 Å². The van der Waals surface area contributed by atoms with Crippen LogP contribution in [0, 0.1) is 11.3 Å². The molecule has 2 aromatic carbocycles. The number of carbonyl (C=O) groups is 1. The molecule has 0 atom stereocenters. The van der Waals surface area contributed by atoms with Crippen molar-refractivity contribution < 1.29 is 4.79 Å². The molecule has 1 amide bonds. The van der Waals surface area contributed by atoms with Crippen molar-refractivity contribution in [2.24, 2.45) is 0 Å². The van der Waals surface area contributed by atoms with E-state index in [4.69, 9.17) is 11.6 Å². The number of hydrogen-bond acceptors (Lipinski definition) is 4. The molecule has 0 aliphatic carbocycles. The van der Waals surface area contributed by atoms with Gasteiger partial charge in [0.2, 0.25) is 0 Å². The molecule has 0 aromatic heterocycles. The second-order valence-corrected chi connectivity index (χ2v) is 6.40. The van der Waals surface area contributed by atoms with Crippen LogP contribution < -0.4 is 5.32 Å². The number of anilines is 1. The van der Waals surface area contributed by atoms with Crippen LogP contribution in [0.4, 0.5) is 5.69 Å². The Kier molecular flexibility index (Phi) is 4.28. The molecule has 0 unspecified atom stereocenters. The molecule has 0 bridgehead atoms. The molecule has 4 nitrogen and oxygen atoms in total. The minimum absolute atomic E-state index is 0.140. The molecule has 114 valence electrons. The Morgan fingerprint density at radius 2 is 1.91 bits per heavy atom. The summed E-state index contributed by atoms with van der Waals surface area (Å²) in [6.45, 7) is 0. The van der Waals surface area contributed by atoms with Crippen molar-refractivity contribution in [1.29, 1.82) is 5.26 Å². The Morgan fingerprint density at radius 1 is 1.22 bits per heavy atom. The van der Waals surface area contributed by atoms with Gasteiger partial charge in [0.15, 0.2) is 0 Å². The molecule has 23 heavy (non-hydrogen) atoms. The van der Waals surface area contributed by atoms with E-state index in [1.807, 2.05) is 30.3 Å². The van der Waals surface area contributed by atoms with Crippen molar-refractivity contribution in [2.75, 3.05) is 12.4 Å². The van der Waals surface area contributed by atoms with E-state index in [0.717, 1.165) is 4.90 Å². The van der Waals surface area contributed by atoms with Gasteiger partial charge in [0, 0.05) is 17.0 Å². The highest BCUT2D eigenvalue weighted by molar-refractivity contribution is 8.03. The molecule has 1 aliphatic rings. The van der Waals surface area contributed by atoms with Gasteiger partial charge in [-0.05, 0) is 36.4 Å². The number of rotatable bonds is 2. The van der Waals surface area contributed by atoms with Gasteiger partial charge >= 0.3 is 0 Å². The molecule has 0 saturated carbocycles. The largest absolute Gasteiger partial charge is 0.339 e. The number of hydrogen-bond donors (Lipinski definition) is 1.